The molecule has 1 aliphatic rings. The van der Waals surface area contributed by atoms with Gasteiger partial charge in [-0.25, -0.2) is 0 Å². The molecule has 0 spiro atoms. The number of hydrogen-bond donors (Lipinski definition) is 1. The predicted molar refractivity (Wildman–Crippen MR) is 73.8 cm³/mol. The maximum Gasteiger partial charge on any atom is 0.0566 e. The van der Waals surface area contributed by atoms with Crippen LogP contribution in [0.25, 0.3) is 10.8 Å². The van der Waals surface area contributed by atoms with E-state index in [2.05, 4.69) is 35.4 Å². The highest BCUT2D eigenvalue weighted by molar-refractivity contribution is 5.93. The summed E-state index contributed by atoms with van der Waals surface area (Å²) >= 11 is 0. The maximum atomic E-state index is 5.58. The summed E-state index contributed by atoms with van der Waals surface area (Å²) in [4.78, 5) is 4.22. The van der Waals surface area contributed by atoms with Crippen molar-refractivity contribution in [1.29, 1.82) is 0 Å². The minimum absolute atomic E-state index is 0.351. The Balaban J connectivity index is 1.86. The zero-order valence-corrected chi connectivity index (χ0v) is 10.6. The first-order chi connectivity index (χ1) is 8.83. The Morgan fingerprint density at radius 1 is 1.33 bits per heavy atom. The molecule has 1 aromatic heterocycles. The van der Waals surface area contributed by atoms with Crippen LogP contribution in [-0.4, -0.2) is 23.7 Å². The number of rotatable bonds is 2. The van der Waals surface area contributed by atoms with Crippen LogP contribution in [0.1, 0.15) is 19.8 Å². The molecule has 0 amide bonds. The standard InChI is InChI=1S/C15H18N2O/c1-11-9-13(6-8-18-11)17-15-4-2-3-12-5-7-16-10-14(12)15/h2-5,7,10-11,13,17H,6,8-9H2,1H3. The molecular formula is C15H18N2O. The molecule has 1 fully saturated rings. The Morgan fingerprint density at radius 2 is 2.28 bits per heavy atom. The van der Waals surface area contributed by atoms with E-state index < -0.39 is 0 Å². The number of anilines is 1. The number of fused-ring (bicyclic) bond motifs is 1. The van der Waals surface area contributed by atoms with Gasteiger partial charge >= 0.3 is 0 Å². The molecule has 1 aliphatic heterocycles. The van der Waals surface area contributed by atoms with Crippen LogP contribution in [-0.2, 0) is 4.74 Å². The van der Waals surface area contributed by atoms with Crippen LogP contribution in [0.4, 0.5) is 5.69 Å². The summed E-state index contributed by atoms with van der Waals surface area (Å²) in [6, 6.07) is 8.89. The molecular weight excluding hydrogens is 224 g/mol. The van der Waals surface area contributed by atoms with Crippen LogP contribution >= 0.6 is 0 Å². The van der Waals surface area contributed by atoms with Crippen LogP contribution in [0.2, 0.25) is 0 Å². The van der Waals surface area contributed by atoms with Crippen molar-refractivity contribution in [3.8, 4) is 0 Å². The third-order valence-electron chi connectivity index (χ3n) is 3.53. The van der Waals surface area contributed by atoms with Crippen LogP contribution < -0.4 is 5.32 Å². The molecule has 18 heavy (non-hydrogen) atoms. The molecule has 1 saturated heterocycles. The molecule has 0 saturated carbocycles. The van der Waals surface area contributed by atoms with Crippen molar-refractivity contribution in [2.24, 2.45) is 0 Å². The van der Waals surface area contributed by atoms with Crippen molar-refractivity contribution in [1.82, 2.24) is 4.98 Å². The van der Waals surface area contributed by atoms with Crippen molar-refractivity contribution >= 4 is 16.5 Å². The van der Waals surface area contributed by atoms with E-state index in [4.69, 9.17) is 4.74 Å². The molecule has 2 unspecified atom stereocenters. The lowest BCUT2D eigenvalue weighted by Crippen LogP contribution is -2.32. The van der Waals surface area contributed by atoms with Gasteiger partial charge in [0.15, 0.2) is 0 Å². The number of hydrogen-bond acceptors (Lipinski definition) is 3. The molecule has 1 aromatic carbocycles. The highest BCUT2D eigenvalue weighted by Crippen LogP contribution is 2.25. The van der Waals surface area contributed by atoms with Crippen molar-refractivity contribution in [2.75, 3.05) is 11.9 Å². The molecule has 0 aliphatic carbocycles. The molecule has 0 radical (unpaired) electrons. The topological polar surface area (TPSA) is 34.2 Å². The van der Waals surface area contributed by atoms with E-state index in [1.807, 2.05) is 18.5 Å². The molecule has 2 heterocycles. The average Bonchev–Trinajstić information content (AvgIpc) is 2.39. The van der Waals surface area contributed by atoms with E-state index in [0.717, 1.165) is 19.4 Å². The summed E-state index contributed by atoms with van der Waals surface area (Å²) in [5.41, 5.74) is 1.18. The number of pyridine rings is 1. The van der Waals surface area contributed by atoms with E-state index in [0.29, 0.717) is 12.1 Å². The van der Waals surface area contributed by atoms with Crippen LogP contribution in [0, 0.1) is 0 Å². The minimum Gasteiger partial charge on any atom is -0.382 e. The average molecular weight is 242 g/mol. The van der Waals surface area contributed by atoms with Gasteiger partial charge in [0.2, 0.25) is 0 Å². The van der Waals surface area contributed by atoms with Gasteiger partial charge in [-0.05, 0) is 37.3 Å². The third-order valence-corrected chi connectivity index (χ3v) is 3.53. The van der Waals surface area contributed by atoms with Crippen molar-refractivity contribution < 1.29 is 4.74 Å². The fourth-order valence-corrected chi connectivity index (χ4v) is 2.59. The van der Waals surface area contributed by atoms with E-state index in [1.54, 1.807) is 0 Å². The molecule has 94 valence electrons. The number of ether oxygens (including phenoxy) is 1. The van der Waals surface area contributed by atoms with Crippen LogP contribution in [0.3, 0.4) is 0 Å². The Morgan fingerprint density at radius 3 is 3.17 bits per heavy atom. The van der Waals surface area contributed by atoms with E-state index in [1.165, 1.54) is 16.5 Å². The first-order valence-corrected chi connectivity index (χ1v) is 6.54. The normalized spacial score (nSPS) is 24.1. The lowest BCUT2D eigenvalue weighted by molar-refractivity contribution is 0.0232. The summed E-state index contributed by atoms with van der Waals surface area (Å²) in [5, 5.41) is 6.06. The molecule has 3 rings (SSSR count). The van der Waals surface area contributed by atoms with Crippen molar-refractivity contribution in [3.63, 3.8) is 0 Å². The van der Waals surface area contributed by atoms with Gasteiger partial charge in [0, 0.05) is 36.1 Å². The van der Waals surface area contributed by atoms with E-state index >= 15 is 0 Å². The summed E-state index contributed by atoms with van der Waals surface area (Å²) < 4.78 is 5.58. The van der Waals surface area contributed by atoms with Gasteiger partial charge in [-0.15, -0.1) is 0 Å². The zero-order chi connectivity index (χ0) is 12.4. The fourth-order valence-electron chi connectivity index (χ4n) is 2.59. The maximum absolute atomic E-state index is 5.58. The Bertz CT molecular complexity index is 536. The van der Waals surface area contributed by atoms with Crippen LogP contribution in [0.5, 0.6) is 0 Å². The van der Waals surface area contributed by atoms with Gasteiger partial charge in [-0.2, -0.15) is 0 Å². The second-order valence-corrected chi connectivity index (χ2v) is 4.95. The van der Waals surface area contributed by atoms with E-state index in [-0.39, 0.29) is 0 Å². The van der Waals surface area contributed by atoms with Gasteiger partial charge in [-0.3, -0.25) is 4.98 Å². The second-order valence-electron chi connectivity index (χ2n) is 4.95. The largest absolute Gasteiger partial charge is 0.382 e. The highest BCUT2D eigenvalue weighted by atomic mass is 16.5. The Labute approximate surface area is 107 Å². The summed E-state index contributed by atoms with van der Waals surface area (Å²) in [5.74, 6) is 0. The molecule has 3 heteroatoms. The van der Waals surface area contributed by atoms with Crippen molar-refractivity contribution in [3.05, 3.63) is 36.7 Å². The second kappa shape index (κ2) is 4.94. The SMILES string of the molecule is CC1CC(Nc2cccc3ccncc23)CCO1. The summed E-state index contributed by atoms with van der Waals surface area (Å²) in [6.45, 7) is 2.99. The number of benzene rings is 1. The van der Waals surface area contributed by atoms with Crippen molar-refractivity contribution in [2.45, 2.75) is 31.9 Å². The first kappa shape index (κ1) is 11.5. The lowest BCUT2D eigenvalue weighted by Gasteiger charge is -2.29. The van der Waals surface area contributed by atoms with Gasteiger partial charge in [0.25, 0.3) is 0 Å². The van der Waals surface area contributed by atoms with Gasteiger partial charge < -0.3 is 10.1 Å². The minimum atomic E-state index is 0.351. The molecule has 0 bridgehead atoms. The number of nitrogens with one attached hydrogen (secondary N) is 1. The van der Waals surface area contributed by atoms with Gasteiger partial charge in [0.05, 0.1) is 6.10 Å². The quantitative estimate of drug-likeness (QED) is 0.878. The molecule has 1 N–H and O–H groups in total. The molecule has 2 atom stereocenters. The Kier molecular flexibility index (Phi) is 3.15. The predicted octanol–water partition coefficient (Wildman–Crippen LogP) is 3.21. The van der Waals surface area contributed by atoms with Crippen LogP contribution in [0.15, 0.2) is 36.7 Å². The molecule has 3 nitrogen and oxygen atoms in total. The van der Waals surface area contributed by atoms with E-state index in [9.17, 15) is 0 Å². The molecule has 2 aromatic rings. The van der Waals surface area contributed by atoms with Gasteiger partial charge in [0.1, 0.15) is 0 Å². The number of aromatic nitrogens is 1. The summed E-state index contributed by atoms with van der Waals surface area (Å²) in [7, 11) is 0. The summed E-state index contributed by atoms with van der Waals surface area (Å²) in [6.07, 6.45) is 6.25. The zero-order valence-electron chi connectivity index (χ0n) is 10.6. The first-order valence-electron chi connectivity index (χ1n) is 6.54. The third kappa shape index (κ3) is 2.31. The monoisotopic (exact) mass is 242 g/mol. The number of nitrogens with zero attached hydrogens (tertiary/aromatic N) is 1. The lowest BCUT2D eigenvalue weighted by atomic mass is 10.0. The highest BCUT2D eigenvalue weighted by Gasteiger charge is 2.19. The fraction of sp³-hybridized carbons (Fsp3) is 0.400. The Hall–Kier alpha value is -1.61. The van der Waals surface area contributed by atoms with Gasteiger partial charge in [-0.1, -0.05) is 12.1 Å². The smallest absolute Gasteiger partial charge is 0.0566 e.